The van der Waals surface area contributed by atoms with Gasteiger partial charge in [-0.1, -0.05) is 0 Å². The maximum atomic E-state index is 12.3. The molecule has 146 valence electrons. The number of anilines is 2. The molecule has 1 aromatic carbocycles. The van der Waals surface area contributed by atoms with Crippen LogP contribution in [0.1, 0.15) is 32.6 Å². The monoisotopic (exact) mass is 374 g/mol. The van der Waals surface area contributed by atoms with E-state index in [0.717, 1.165) is 19.4 Å². The first-order valence-corrected chi connectivity index (χ1v) is 9.31. The first-order chi connectivity index (χ1) is 13.0. The van der Waals surface area contributed by atoms with Crippen molar-refractivity contribution < 1.29 is 19.1 Å². The Morgan fingerprint density at radius 1 is 1.19 bits per heavy atom. The number of rotatable bonds is 6. The predicted octanol–water partition coefficient (Wildman–Crippen LogP) is 1.95. The number of carbonyl (C=O) groups excluding carboxylic acids is 3. The van der Waals surface area contributed by atoms with Crippen LogP contribution in [-0.2, 0) is 9.59 Å². The van der Waals surface area contributed by atoms with Gasteiger partial charge in [-0.25, -0.2) is 4.79 Å². The number of hydrogen-bond donors (Lipinski definition) is 2. The van der Waals surface area contributed by atoms with E-state index >= 15 is 0 Å². The fraction of sp³-hybridized carbons (Fsp3) is 0.526. The van der Waals surface area contributed by atoms with Gasteiger partial charge < -0.3 is 25.2 Å². The molecule has 2 heterocycles. The van der Waals surface area contributed by atoms with Crippen LogP contribution < -0.4 is 20.3 Å². The Hall–Kier alpha value is -2.77. The van der Waals surface area contributed by atoms with Crippen molar-refractivity contribution in [2.45, 2.75) is 38.6 Å². The van der Waals surface area contributed by atoms with E-state index in [9.17, 15) is 14.4 Å². The molecule has 3 rings (SSSR count). The third kappa shape index (κ3) is 4.50. The zero-order valence-electron chi connectivity index (χ0n) is 15.8. The Bertz CT molecular complexity index is 736. The molecule has 2 aliphatic heterocycles. The third-order valence-corrected chi connectivity index (χ3v) is 4.84. The molecule has 0 bridgehead atoms. The van der Waals surface area contributed by atoms with Crippen molar-refractivity contribution in [1.82, 2.24) is 10.2 Å². The second kappa shape index (κ2) is 8.28. The van der Waals surface area contributed by atoms with Gasteiger partial charge in [0.05, 0.1) is 12.8 Å². The van der Waals surface area contributed by atoms with Gasteiger partial charge in [-0.05, 0) is 38.0 Å². The number of nitrogens with one attached hydrogen (secondary N) is 2. The van der Waals surface area contributed by atoms with Crippen LogP contribution in [0.2, 0.25) is 0 Å². The molecule has 1 aromatic rings. The summed E-state index contributed by atoms with van der Waals surface area (Å²) in [4.78, 5) is 39.5. The zero-order valence-corrected chi connectivity index (χ0v) is 15.8. The molecule has 2 fully saturated rings. The van der Waals surface area contributed by atoms with E-state index in [0.29, 0.717) is 43.1 Å². The number of benzene rings is 1. The van der Waals surface area contributed by atoms with E-state index in [1.54, 1.807) is 35.1 Å². The lowest BCUT2D eigenvalue weighted by atomic mass is 10.2. The van der Waals surface area contributed by atoms with Crippen molar-refractivity contribution in [3.63, 3.8) is 0 Å². The summed E-state index contributed by atoms with van der Waals surface area (Å²) in [6, 6.07) is 4.71. The van der Waals surface area contributed by atoms with E-state index in [1.807, 2.05) is 6.92 Å². The second-order valence-electron chi connectivity index (χ2n) is 6.98. The van der Waals surface area contributed by atoms with Crippen molar-refractivity contribution >= 4 is 29.2 Å². The van der Waals surface area contributed by atoms with Gasteiger partial charge in [-0.2, -0.15) is 0 Å². The molecule has 2 N–H and O–H groups in total. The highest BCUT2D eigenvalue weighted by molar-refractivity contribution is 5.98. The van der Waals surface area contributed by atoms with Crippen LogP contribution in [0.15, 0.2) is 18.2 Å². The molecule has 1 unspecified atom stereocenters. The summed E-state index contributed by atoms with van der Waals surface area (Å²) in [5.74, 6) is 0.787. The van der Waals surface area contributed by atoms with Crippen LogP contribution >= 0.6 is 0 Å². The van der Waals surface area contributed by atoms with E-state index < -0.39 is 0 Å². The maximum Gasteiger partial charge on any atom is 0.319 e. The normalized spacial score (nSPS) is 18.0. The molecule has 0 aromatic heterocycles. The average Bonchev–Trinajstić information content (AvgIpc) is 3.23. The first-order valence-electron chi connectivity index (χ1n) is 9.31. The summed E-state index contributed by atoms with van der Waals surface area (Å²) in [6.45, 7) is 3.76. The van der Waals surface area contributed by atoms with Gasteiger partial charge in [0.15, 0.2) is 0 Å². The van der Waals surface area contributed by atoms with Gasteiger partial charge in [0.25, 0.3) is 0 Å². The highest BCUT2D eigenvalue weighted by Gasteiger charge is 2.25. The number of amides is 4. The first kappa shape index (κ1) is 19.0. The topological polar surface area (TPSA) is 91.0 Å². The Morgan fingerprint density at radius 3 is 2.56 bits per heavy atom. The van der Waals surface area contributed by atoms with E-state index in [2.05, 4.69) is 10.6 Å². The zero-order chi connectivity index (χ0) is 19.4. The average molecular weight is 374 g/mol. The Kier molecular flexibility index (Phi) is 5.83. The lowest BCUT2D eigenvalue weighted by Gasteiger charge is -2.22. The standard InChI is InChI=1S/C19H26N4O4/c1-13(12-22-9-3-5-17(22)24)20-19(26)21-14-7-8-16(27-2)15(11-14)23-10-4-6-18(23)25/h7-8,11,13H,3-6,9-10,12H2,1-2H3,(H2,20,21,26). The number of urea groups is 1. The number of likely N-dealkylation sites (tertiary alicyclic amines) is 1. The smallest absolute Gasteiger partial charge is 0.319 e. The van der Waals surface area contributed by atoms with Crippen LogP contribution in [0.3, 0.4) is 0 Å². The fourth-order valence-electron chi connectivity index (χ4n) is 3.55. The van der Waals surface area contributed by atoms with E-state index in [1.165, 1.54) is 0 Å². The lowest BCUT2D eigenvalue weighted by molar-refractivity contribution is -0.128. The van der Waals surface area contributed by atoms with Gasteiger partial charge in [-0.3, -0.25) is 9.59 Å². The van der Waals surface area contributed by atoms with Crippen LogP contribution in [0.25, 0.3) is 0 Å². The van der Waals surface area contributed by atoms with Gasteiger partial charge >= 0.3 is 6.03 Å². The lowest BCUT2D eigenvalue weighted by Crippen LogP contribution is -2.44. The van der Waals surface area contributed by atoms with Crippen LogP contribution in [0.4, 0.5) is 16.2 Å². The highest BCUT2D eigenvalue weighted by atomic mass is 16.5. The number of nitrogens with zero attached hydrogens (tertiary/aromatic N) is 2. The summed E-state index contributed by atoms with van der Waals surface area (Å²) in [7, 11) is 1.56. The molecule has 0 saturated carbocycles. The minimum Gasteiger partial charge on any atom is -0.495 e. The molecule has 8 heteroatoms. The highest BCUT2D eigenvalue weighted by Crippen LogP contribution is 2.34. The van der Waals surface area contributed by atoms with Crippen molar-refractivity contribution in [1.29, 1.82) is 0 Å². The summed E-state index contributed by atoms with van der Waals surface area (Å²) < 4.78 is 5.36. The van der Waals surface area contributed by atoms with Crippen LogP contribution in [-0.4, -0.2) is 55.5 Å². The maximum absolute atomic E-state index is 12.3. The van der Waals surface area contributed by atoms with Gasteiger partial charge in [0.1, 0.15) is 5.75 Å². The van der Waals surface area contributed by atoms with Crippen molar-refractivity contribution in [3.05, 3.63) is 18.2 Å². The summed E-state index contributed by atoms with van der Waals surface area (Å²) in [5.41, 5.74) is 1.24. The van der Waals surface area contributed by atoms with Gasteiger partial charge in [-0.15, -0.1) is 0 Å². The summed E-state index contributed by atoms with van der Waals surface area (Å²) in [6.07, 6.45) is 2.80. The number of hydrogen-bond acceptors (Lipinski definition) is 4. The molecule has 8 nitrogen and oxygen atoms in total. The Labute approximate surface area is 158 Å². The Balaban J connectivity index is 1.61. The van der Waals surface area contributed by atoms with E-state index in [-0.39, 0.29) is 23.9 Å². The molecule has 1 atom stereocenters. The molecule has 0 radical (unpaired) electrons. The second-order valence-corrected chi connectivity index (χ2v) is 6.98. The molecule has 27 heavy (non-hydrogen) atoms. The minimum atomic E-state index is -0.349. The quantitative estimate of drug-likeness (QED) is 0.796. The number of carbonyl (C=O) groups is 3. The Morgan fingerprint density at radius 2 is 1.93 bits per heavy atom. The molecular weight excluding hydrogens is 348 g/mol. The van der Waals surface area contributed by atoms with Gasteiger partial charge in [0.2, 0.25) is 11.8 Å². The summed E-state index contributed by atoms with van der Waals surface area (Å²) in [5, 5.41) is 5.64. The largest absolute Gasteiger partial charge is 0.495 e. The number of ether oxygens (including phenoxy) is 1. The molecular formula is C19H26N4O4. The van der Waals surface area contributed by atoms with Crippen LogP contribution in [0.5, 0.6) is 5.75 Å². The predicted molar refractivity (Wildman–Crippen MR) is 102 cm³/mol. The molecule has 0 aliphatic carbocycles. The summed E-state index contributed by atoms with van der Waals surface area (Å²) >= 11 is 0. The van der Waals surface area contributed by atoms with Crippen molar-refractivity contribution in [3.8, 4) is 5.75 Å². The fourth-order valence-corrected chi connectivity index (χ4v) is 3.55. The van der Waals surface area contributed by atoms with E-state index in [4.69, 9.17) is 4.74 Å². The molecule has 2 saturated heterocycles. The van der Waals surface area contributed by atoms with Crippen molar-refractivity contribution in [2.24, 2.45) is 0 Å². The molecule has 2 aliphatic rings. The van der Waals surface area contributed by atoms with Gasteiger partial charge in [0, 0.05) is 44.2 Å². The molecule has 4 amide bonds. The third-order valence-electron chi connectivity index (χ3n) is 4.84. The minimum absolute atomic E-state index is 0.0544. The van der Waals surface area contributed by atoms with Crippen molar-refractivity contribution in [2.75, 3.05) is 37.0 Å². The SMILES string of the molecule is COc1ccc(NC(=O)NC(C)CN2CCCC2=O)cc1N1CCCC1=O. The molecule has 0 spiro atoms. The number of methoxy groups -OCH3 is 1. The van der Waals surface area contributed by atoms with Crippen LogP contribution in [0, 0.1) is 0 Å².